The minimum Gasteiger partial charge on any atom is -0.493 e. The van der Waals surface area contributed by atoms with Crippen LogP contribution in [0.15, 0.2) is 51.5 Å². The lowest BCUT2D eigenvalue weighted by Gasteiger charge is -2.15. The number of fused-ring (bicyclic) bond motifs is 1. The van der Waals surface area contributed by atoms with E-state index in [1.54, 1.807) is 61.8 Å². The molecule has 2 aromatic heterocycles. The van der Waals surface area contributed by atoms with Crippen molar-refractivity contribution in [1.82, 2.24) is 4.98 Å². The maximum absolute atomic E-state index is 12.7. The second-order valence-electron chi connectivity index (χ2n) is 7.11. The number of rotatable bonds is 10. The second-order valence-corrected chi connectivity index (χ2v) is 10.3. The second kappa shape index (κ2) is 10.9. The summed E-state index contributed by atoms with van der Waals surface area (Å²) in [5, 5.41) is 7.27. The van der Waals surface area contributed by atoms with Crippen LogP contribution in [-0.4, -0.2) is 38.0 Å². The van der Waals surface area contributed by atoms with Gasteiger partial charge in [-0.15, -0.1) is 11.3 Å². The quantitative estimate of drug-likeness (QED) is 0.274. The molecule has 4 aromatic rings. The molecule has 2 aromatic carbocycles. The van der Waals surface area contributed by atoms with Crippen LogP contribution in [0.5, 0.6) is 17.2 Å². The van der Waals surface area contributed by atoms with Gasteiger partial charge in [-0.3, -0.25) is 4.79 Å². The third-order valence-corrected chi connectivity index (χ3v) is 7.88. The first kappa shape index (κ1) is 23.4. The monoisotopic (exact) mass is 500 g/mol. The Morgan fingerprint density at radius 3 is 2.64 bits per heavy atom. The third kappa shape index (κ3) is 5.61. The van der Waals surface area contributed by atoms with Crippen molar-refractivity contribution >= 4 is 56.2 Å². The molecule has 0 radical (unpaired) electrons. The molecule has 6 nitrogen and oxygen atoms in total. The number of hydrogen-bond donors (Lipinski definition) is 1. The zero-order valence-electron chi connectivity index (χ0n) is 18.5. The first-order chi connectivity index (χ1) is 16.1. The summed E-state index contributed by atoms with van der Waals surface area (Å²) in [6, 6.07) is 11.5. The molecule has 0 bridgehead atoms. The fourth-order valence-electron chi connectivity index (χ4n) is 3.41. The molecule has 33 heavy (non-hydrogen) atoms. The van der Waals surface area contributed by atoms with E-state index >= 15 is 0 Å². The average Bonchev–Trinajstić information content (AvgIpc) is 3.48. The van der Waals surface area contributed by atoms with E-state index in [9.17, 15) is 4.79 Å². The zero-order valence-corrected chi connectivity index (χ0v) is 21.0. The lowest BCUT2D eigenvalue weighted by molar-refractivity contribution is -0.115. The summed E-state index contributed by atoms with van der Waals surface area (Å²) in [4.78, 5) is 17.5. The number of thioether (sulfide) groups is 1. The van der Waals surface area contributed by atoms with Crippen LogP contribution in [0, 0.1) is 0 Å². The number of anilines is 1. The Morgan fingerprint density at radius 1 is 1.06 bits per heavy atom. The number of nitrogens with one attached hydrogen (secondary N) is 1. The van der Waals surface area contributed by atoms with Crippen LogP contribution in [-0.2, 0) is 17.6 Å². The maximum Gasteiger partial charge on any atom is 0.228 e. The summed E-state index contributed by atoms with van der Waals surface area (Å²) >= 11 is 5.14. The van der Waals surface area contributed by atoms with Crippen molar-refractivity contribution in [2.24, 2.45) is 0 Å². The van der Waals surface area contributed by atoms with Crippen molar-refractivity contribution in [2.45, 2.75) is 17.2 Å². The number of aromatic nitrogens is 1. The highest BCUT2D eigenvalue weighted by Gasteiger charge is 2.18. The number of thiazole rings is 1. The summed E-state index contributed by atoms with van der Waals surface area (Å²) in [5.74, 6) is 2.37. The van der Waals surface area contributed by atoms with Gasteiger partial charge in [0.15, 0.2) is 15.8 Å². The number of aryl methyl sites for hydroxylation is 1. The highest BCUT2D eigenvalue weighted by Crippen LogP contribution is 2.40. The van der Waals surface area contributed by atoms with Gasteiger partial charge in [-0.05, 0) is 53.1 Å². The molecule has 0 saturated heterocycles. The molecule has 0 fully saturated rings. The summed E-state index contributed by atoms with van der Waals surface area (Å²) < 4.78 is 18.3. The van der Waals surface area contributed by atoms with Gasteiger partial charge in [-0.1, -0.05) is 17.8 Å². The minimum atomic E-state index is -0.144. The van der Waals surface area contributed by atoms with E-state index < -0.39 is 0 Å². The lowest BCUT2D eigenvalue weighted by atomic mass is 10.1. The molecule has 0 atom stereocenters. The number of thiophene rings is 1. The summed E-state index contributed by atoms with van der Waals surface area (Å²) in [5.41, 5.74) is 3.77. The normalized spacial score (nSPS) is 10.9. The van der Waals surface area contributed by atoms with Gasteiger partial charge in [0.2, 0.25) is 11.7 Å². The SMILES string of the molecule is COc1ccc(CC(=O)Nc2ccc3nc(SCCc4ccsc4)sc3c2)c(OC)c1OC. The molecular weight excluding hydrogens is 476 g/mol. The number of ether oxygens (including phenoxy) is 3. The number of amides is 1. The Labute approximate surface area is 204 Å². The molecule has 4 rings (SSSR count). The molecule has 0 aliphatic heterocycles. The van der Waals surface area contributed by atoms with Gasteiger partial charge in [-0.2, -0.15) is 11.3 Å². The Morgan fingerprint density at radius 2 is 1.91 bits per heavy atom. The van der Waals surface area contributed by atoms with E-state index in [2.05, 4.69) is 22.1 Å². The van der Waals surface area contributed by atoms with E-state index in [0.29, 0.717) is 17.2 Å². The fraction of sp³-hybridized carbons (Fsp3) is 0.250. The van der Waals surface area contributed by atoms with Gasteiger partial charge in [0.1, 0.15) is 0 Å². The van der Waals surface area contributed by atoms with E-state index in [1.165, 1.54) is 5.56 Å². The van der Waals surface area contributed by atoms with Gasteiger partial charge in [0.25, 0.3) is 0 Å². The summed E-state index contributed by atoms with van der Waals surface area (Å²) in [6.45, 7) is 0. The van der Waals surface area contributed by atoms with Crippen LogP contribution in [0.2, 0.25) is 0 Å². The minimum absolute atomic E-state index is 0.144. The molecule has 0 spiro atoms. The highest BCUT2D eigenvalue weighted by molar-refractivity contribution is 8.01. The van der Waals surface area contributed by atoms with Gasteiger partial charge >= 0.3 is 0 Å². The van der Waals surface area contributed by atoms with Crippen molar-refractivity contribution in [2.75, 3.05) is 32.4 Å². The summed E-state index contributed by atoms with van der Waals surface area (Å²) in [6.07, 6.45) is 1.18. The zero-order chi connectivity index (χ0) is 23.2. The van der Waals surface area contributed by atoms with Crippen LogP contribution in [0.25, 0.3) is 10.2 Å². The lowest BCUT2D eigenvalue weighted by Crippen LogP contribution is -2.15. The molecule has 1 N–H and O–H groups in total. The first-order valence-corrected chi connectivity index (χ1v) is 13.0. The molecule has 2 heterocycles. The fourth-order valence-corrected chi connectivity index (χ4v) is 6.28. The number of nitrogens with zero attached hydrogens (tertiary/aromatic N) is 1. The Hall–Kier alpha value is -2.75. The maximum atomic E-state index is 12.7. The number of methoxy groups -OCH3 is 3. The predicted molar refractivity (Wildman–Crippen MR) is 137 cm³/mol. The van der Waals surface area contributed by atoms with Crippen molar-refractivity contribution in [3.8, 4) is 17.2 Å². The highest BCUT2D eigenvalue weighted by atomic mass is 32.2. The van der Waals surface area contributed by atoms with Crippen molar-refractivity contribution in [3.63, 3.8) is 0 Å². The van der Waals surface area contributed by atoms with E-state index in [1.807, 2.05) is 24.3 Å². The van der Waals surface area contributed by atoms with Crippen LogP contribution in [0.3, 0.4) is 0 Å². The van der Waals surface area contributed by atoms with Gasteiger partial charge in [0, 0.05) is 17.0 Å². The number of hydrogen-bond acceptors (Lipinski definition) is 8. The molecule has 0 aliphatic carbocycles. The van der Waals surface area contributed by atoms with Gasteiger partial charge in [0.05, 0.1) is 38.0 Å². The standard InChI is InChI=1S/C24H24N2O4S3/c1-28-19-7-4-16(22(29-2)23(19)30-3)12-21(27)25-17-5-6-18-20(13-17)33-24(26-18)32-11-9-15-8-10-31-14-15/h4-8,10,13-14H,9,11-12H2,1-3H3,(H,25,27). The largest absolute Gasteiger partial charge is 0.493 e. The van der Waals surface area contributed by atoms with E-state index in [-0.39, 0.29) is 12.3 Å². The molecule has 0 unspecified atom stereocenters. The first-order valence-electron chi connectivity index (χ1n) is 10.2. The van der Waals surface area contributed by atoms with Crippen LogP contribution >= 0.6 is 34.4 Å². The Kier molecular flexibility index (Phi) is 7.74. The predicted octanol–water partition coefficient (Wildman–Crippen LogP) is 5.90. The van der Waals surface area contributed by atoms with E-state index in [0.717, 1.165) is 38.0 Å². The van der Waals surface area contributed by atoms with Crippen LogP contribution in [0.1, 0.15) is 11.1 Å². The molecule has 0 aliphatic rings. The Balaban J connectivity index is 1.41. The van der Waals surface area contributed by atoms with Crippen molar-refractivity contribution in [3.05, 3.63) is 58.3 Å². The third-order valence-electron chi connectivity index (χ3n) is 4.99. The molecular formula is C24H24N2O4S3. The number of benzene rings is 2. The number of carbonyl (C=O) groups excluding carboxylic acids is 1. The molecule has 172 valence electrons. The Bertz CT molecular complexity index is 1240. The van der Waals surface area contributed by atoms with Crippen molar-refractivity contribution < 1.29 is 19.0 Å². The molecule has 9 heteroatoms. The van der Waals surface area contributed by atoms with Crippen LogP contribution in [0.4, 0.5) is 5.69 Å². The average molecular weight is 501 g/mol. The van der Waals surface area contributed by atoms with Crippen LogP contribution < -0.4 is 19.5 Å². The number of carbonyl (C=O) groups is 1. The smallest absolute Gasteiger partial charge is 0.228 e. The van der Waals surface area contributed by atoms with Crippen molar-refractivity contribution in [1.29, 1.82) is 0 Å². The molecule has 0 saturated carbocycles. The summed E-state index contributed by atoms with van der Waals surface area (Å²) in [7, 11) is 4.66. The molecule has 1 amide bonds. The topological polar surface area (TPSA) is 69.7 Å². The van der Waals surface area contributed by atoms with Gasteiger partial charge < -0.3 is 19.5 Å². The van der Waals surface area contributed by atoms with Gasteiger partial charge in [-0.25, -0.2) is 4.98 Å². The van der Waals surface area contributed by atoms with E-state index in [4.69, 9.17) is 19.2 Å².